The van der Waals surface area contributed by atoms with Crippen molar-refractivity contribution in [1.29, 1.82) is 0 Å². The quantitative estimate of drug-likeness (QED) is 0.343. The number of aromatic nitrogens is 4. The van der Waals surface area contributed by atoms with Crippen molar-refractivity contribution in [1.82, 2.24) is 19.4 Å². The van der Waals surface area contributed by atoms with Gasteiger partial charge in [0.25, 0.3) is 5.91 Å². The fourth-order valence-electron chi connectivity index (χ4n) is 10.2. The summed E-state index contributed by atoms with van der Waals surface area (Å²) in [6.45, 7) is 0. The SMILES string of the molecule is Nc1nccn2c(C34C5C6C3C3C4C5C63C(=O)O)nc(-c3ccc(C(=O)Nc4cc(C5CC5)ccn4)cc3F)c12. The predicted octanol–water partition coefficient (Wildman–Crippen LogP) is 3.72. The number of hydrogen-bond acceptors (Lipinski definition) is 6. The Bertz CT molecular complexity index is 1840. The Balaban J connectivity index is 1.01. The van der Waals surface area contributed by atoms with Crippen molar-refractivity contribution in [3.8, 4) is 11.3 Å². The first-order valence-electron chi connectivity index (χ1n) is 13.8. The molecule has 0 bridgehead atoms. The van der Waals surface area contributed by atoms with E-state index < -0.39 is 23.1 Å². The van der Waals surface area contributed by atoms with Crippen LogP contribution >= 0.6 is 0 Å². The van der Waals surface area contributed by atoms with Gasteiger partial charge in [0.05, 0.1) is 5.41 Å². The number of pyridine rings is 1. The van der Waals surface area contributed by atoms with E-state index in [1.54, 1.807) is 24.5 Å². The number of carboxylic acids is 1. The molecule has 10 heteroatoms. The molecule has 40 heavy (non-hydrogen) atoms. The highest BCUT2D eigenvalue weighted by atomic mass is 19.1. The van der Waals surface area contributed by atoms with Gasteiger partial charge in [-0.15, -0.1) is 0 Å². The van der Waals surface area contributed by atoms with E-state index in [4.69, 9.17) is 10.7 Å². The van der Waals surface area contributed by atoms with Gasteiger partial charge < -0.3 is 16.2 Å². The van der Waals surface area contributed by atoms with Crippen LogP contribution in [0.25, 0.3) is 16.8 Å². The van der Waals surface area contributed by atoms with Gasteiger partial charge in [0, 0.05) is 35.1 Å². The van der Waals surface area contributed by atoms with E-state index in [1.165, 1.54) is 6.07 Å². The lowest BCUT2D eigenvalue weighted by Gasteiger charge is -3.09. The van der Waals surface area contributed by atoms with E-state index >= 15 is 4.39 Å². The topological polar surface area (TPSA) is 136 Å². The maximum Gasteiger partial charge on any atom is 0.310 e. The summed E-state index contributed by atoms with van der Waals surface area (Å²) in [5.41, 5.74) is 8.21. The van der Waals surface area contributed by atoms with Gasteiger partial charge in [0.1, 0.15) is 34.5 Å². The second kappa shape index (κ2) is 6.35. The second-order valence-corrected chi connectivity index (χ2v) is 12.5. The summed E-state index contributed by atoms with van der Waals surface area (Å²) in [6, 6.07) is 8.19. The van der Waals surface area contributed by atoms with Crippen LogP contribution < -0.4 is 11.1 Å². The second-order valence-electron chi connectivity index (χ2n) is 12.5. The van der Waals surface area contributed by atoms with E-state index in [9.17, 15) is 14.7 Å². The number of anilines is 2. The Morgan fingerprint density at radius 2 is 1.77 bits per heavy atom. The van der Waals surface area contributed by atoms with E-state index in [-0.39, 0.29) is 40.1 Å². The molecule has 9 nitrogen and oxygen atoms in total. The number of hydrogen-bond donors (Lipinski definition) is 3. The summed E-state index contributed by atoms with van der Waals surface area (Å²) in [7, 11) is 0. The van der Waals surface area contributed by atoms with Crippen LogP contribution in [0.2, 0.25) is 0 Å². The molecule has 0 spiro atoms. The average Bonchev–Trinajstić information content (AvgIpc) is 3.74. The van der Waals surface area contributed by atoms with Gasteiger partial charge in [-0.05, 0) is 90.2 Å². The lowest BCUT2D eigenvalue weighted by atomic mass is 8.92. The maximum absolute atomic E-state index is 15.7. The number of imidazole rings is 1. The molecule has 11 rings (SSSR count). The molecule has 7 aliphatic rings. The molecule has 0 radical (unpaired) electrons. The molecular weight excluding hydrogens is 511 g/mol. The molecule has 3 heterocycles. The average molecular weight is 535 g/mol. The van der Waals surface area contributed by atoms with Crippen LogP contribution in [-0.4, -0.2) is 36.3 Å². The third-order valence-corrected chi connectivity index (χ3v) is 11.5. The number of carbonyl (C=O) groups is 2. The highest BCUT2D eigenvalue weighted by molar-refractivity contribution is 6.04. The highest BCUT2D eigenvalue weighted by Crippen LogP contribution is 3.09. The first-order chi connectivity index (χ1) is 19.4. The number of carbonyl (C=O) groups excluding carboxylic acids is 1. The number of benzene rings is 1. The minimum absolute atomic E-state index is 0.134. The number of fused-ring (bicyclic) bond motifs is 1. The Hall–Kier alpha value is -4.34. The van der Waals surface area contributed by atoms with Gasteiger partial charge in [0.2, 0.25) is 0 Å². The maximum atomic E-state index is 15.7. The molecule has 4 N–H and O–H groups in total. The minimum Gasteiger partial charge on any atom is -0.481 e. The third kappa shape index (κ3) is 1.95. The largest absolute Gasteiger partial charge is 0.481 e. The molecule has 0 aliphatic heterocycles. The molecule has 7 saturated carbocycles. The van der Waals surface area contributed by atoms with Crippen LogP contribution in [0.1, 0.15) is 40.5 Å². The van der Waals surface area contributed by atoms with Gasteiger partial charge in [-0.25, -0.2) is 19.3 Å². The number of carboxylic acid groups (broad SMARTS) is 1. The van der Waals surface area contributed by atoms with Crippen molar-refractivity contribution in [3.05, 3.63) is 71.7 Å². The Labute approximate surface area is 226 Å². The van der Waals surface area contributed by atoms with E-state index in [2.05, 4.69) is 15.3 Å². The van der Waals surface area contributed by atoms with Crippen LogP contribution in [0.3, 0.4) is 0 Å². The predicted molar refractivity (Wildman–Crippen MR) is 140 cm³/mol. The third-order valence-electron chi connectivity index (χ3n) is 11.5. The highest BCUT2D eigenvalue weighted by Gasteiger charge is 3.12. The minimum atomic E-state index is -0.635. The van der Waals surface area contributed by atoms with Crippen LogP contribution in [0.15, 0.2) is 48.9 Å². The molecule has 1 amide bonds. The summed E-state index contributed by atoms with van der Waals surface area (Å²) < 4.78 is 17.6. The van der Waals surface area contributed by atoms with Crippen molar-refractivity contribution in [2.45, 2.75) is 24.2 Å². The first-order valence-corrected chi connectivity index (χ1v) is 13.8. The summed E-state index contributed by atoms with van der Waals surface area (Å²) in [4.78, 5) is 38.5. The lowest BCUT2D eigenvalue weighted by molar-refractivity contribution is -0.614. The fourth-order valence-corrected chi connectivity index (χ4v) is 10.2. The molecule has 4 aromatic rings. The van der Waals surface area contributed by atoms with Gasteiger partial charge in [-0.1, -0.05) is 0 Å². The normalized spacial score (nSPS) is 36.4. The number of nitrogen functional groups attached to an aromatic ring is 1. The van der Waals surface area contributed by atoms with Crippen LogP contribution in [0, 0.1) is 46.7 Å². The standard InChI is InChI=1S/C30H23FN6O3/c31-15-9-13(26(38)35-16-10-12(5-6-33-16)11-1-2-11)3-4-14(15)23-24-25(32)34-7-8-37(24)27(36-23)29-17-20-18(29)22-19(29)21(17)30(20,22)28(39)40/h3-11,17-22H,1-2H2,(H2,32,34)(H,39,40)(H,33,35,38). The van der Waals surface area contributed by atoms with Crippen molar-refractivity contribution >= 4 is 29.0 Å². The number of nitrogens with zero attached hydrogens (tertiary/aromatic N) is 4. The van der Waals surface area contributed by atoms with Gasteiger partial charge in [-0.3, -0.25) is 14.0 Å². The van der Waals surface area contributed by atoms with Crippen LogP contribution in [-0.2, 0) is 10.2 Å². The van der Waals surface area contributed by atoms with Gasteiger partial charge in [0.15, 0.2) is 0 Å². The van der Waals surface area contributed by atoms with E-state index in [0.29, 0.717) is 40.7 Å². The Morgan fingerprint density at radius 3 is 2.45 bits per heavy atom. The van der Waals surface area contributed by atoms with Crippen LogP contribution in [0.4, 0.5) is 16.0 Å². The molecule has 7 aliphatic carbocycles. The van der Waals surface area contributed by atoms with Crippen molar-refractivity contribution < 1.29 is 19.1 Å². The number of nitrogens with two attached hydrogens (primary N) is 1. The lowest BCUT2D eigenvalue weighted by Crippen LogP contribution is -3.12. The fraction of sp³-hybridized carbons (Fsp3) is 0.367. The Kier molecular flexibility index (Phi) is 3.41. The van der Waals surface area contributed by atoms with Gasteiger partial charge in [-0.2, -0.15) is 0 Å². The summed E-state index contributed by atoms with van der Waals surface area (Å²) in [6.07, 6.45) is 7.39. The number of aliphatic carboxylic acids is 1. The van der Waals surface area contributed by atoms with Crippen LogP contribution in [0.5, 0.6) is 0 Å². The molecule has 0 atom stereocenters. The summed E-state index contributed by atoms with van der Waals surface area (Å²) in [5, 5.41) is 12.7. The van der Waals surface area contributed by atoms with Gasteiger partial charge >= 0.3 is 5.97 Å². The number of halogens is 1. The zero-order valence-electron chi connectivity index (χ0n) is 21.1. The zero-order valence-corrected chi connectivity index (χ0v) is 21.1. The number of nitrogens with one attached hydrogen (secondary N) is 1. The van der Waals surface area contributed by atoms with Crippen molar-refractivity contribution in [2.24, 2.45) is 40.9 Å². The molecular formula is C30H23FN6O3. The summed E-state index contributed by atoms with van der Waals surface area (Å²) in [5.74, 6) is 2.14. The molecule has 7 fully saturated rings. The summed E-state index contributed by atoms with van der Waals surface area (Å²) >= 11 is 0. The monoisotopic (exact) mass is 534 g/mol. The molecule has 3 aromatic heterocycles. The number of rotatable bonds is 6. The molecule has 1 aromatic carbocycles. The molecule has 198 valence electrons. The smallest absolute Gasteiger partial charge is 0.310 e. The first kappa shape index (κ1) is 21.5. The Morgan fingerprint density at radius 1 is 1.02 bits per heavy atom. The zero-order chi connectivity index (χ0) is 26.9. The van der Waals surface area contributed by atoms with E-state index in [1.807, 2.05) is 22.7 Å². The van der Waals surface area contributed by atoms with Crippen molar-refractivity contribution in [2.75, 3.05) is 11.1 Å². The molecule has 0 saturated heterocycles. The number of amides is 1. The van der Waals surface area contributed by atoms with E-state index in [0.717, 1.165) is 24.2 Å². The van der Waals surface area contributed by atoms with Crippen molar-refractivity contribution in [3.63, 3.8) is 0 Å². The molecule has 0 unspecified atom stereocenters.